The zero-order valence-corrected chi connectivity index (χ0v) is 20.3. The van der Waals surface area contributed by atoms with Gasteiger partial charge in [0.1, 0.15) is 17.0 Å². The first-order chi connectivity index (χ1) is 17.3. The zero-order chi connectivity index (χ0) is 25.4. The van der Waals surface area contributed by atoms with Crippen molar-refractivity contribution >= 4 is 46.3 Å². The molecule has 5 rings (SSSR count). The van der Waals surface area contributed by atoms with E-state index in [4.69, 9.17) is 22.3 Å². The van der Waals surface area contributed by atoms with Crippen molar-refractivity contribution in [1.82, 2.24) is 19.5 Å². The Morgan fingerprint density at radius 2 is 1.92 bits per heavy atom. The number of nitrogens with one attached hydrogen (secondary N) is 2. The van der Waals surface area contributed by atoms with Crippen LogP contribution >= 0.6 is 11.6 Å². The van der Waals surface area contributed by atoms with Crippen LogP contribution in [0.15, 0.2) is 18.3 Å². The molecule has 0 bridgehead atoms. The van der Waals surface area contributed by atoms with E-state index in [1.54, 1.807) is 6.20 Å². The summed E-state index contributed by atoms with van der Waals surface area (Å²) in [6, 6.07) is 2.15. The van der Waals surface area contributed by atoms with Gasteiger partial charge in [0.05, 0.1) is 17.3 Å². The quantitative estimate of drug-likeness (QED) is 0.354. The predicted octanol–water partition coefficient (Wildman–Crippen LogP) is 4.43. The van der Waals surface area contributed by atoms with Gasteiger partial charge in [-0.05, 0) is 63.5 Å². The Bertz CT molecular complexity index is 1280. The molecule has 1 amide bonds. The highest BCUT2D eigenvalue weighted by Crippen LogP contribution is 2.38. The summed E-state index contributed by atoms with van der Waals surface area (Å²) in [5, 5.41) is 15.9. The Balaban J connectivity index is 1.52. The lowest BCUT2D eigenvalue weighted by molar-refractivity contribution is -0.122. The third-order valence-electron chi connectivity index (χ3n) is 7.16. The van der Waals surface area contributed by atoms with Crippen LogP contribution < -0.4 is 16.4 Å². The van der Waals surface area contributed by atoms with Crippen LogP contribution in [-0.2, 0) is 4.79 Å². The number of anilines is 3. The summed E-state index contributed by atoms with van der Waals surface area (Å²) in [7, 11) is 0. The first-order valence-electron chi connectivity index (χ1n) is 12.2. The number of aliphatic hydroxyl groups excluding tert-OH is 1. The number of nitrogens with two attached hydrogens (primary N) is 1. The molecule has 0 saturated heterocycles. The first-order valence-corrected chi connectivity index (χ1v) is 12.6. The Morgan fingerprint density at radius 3 is 2.64 bits per heavy atom. The molecule has 2 heterocycles. The highest BCUT2D eigenvalue weighted by molar-refractivity contribution is 6.31. The molecule has 192 valence electrons. The molecule has 2 atom stereocenters. The standard InChI is InChI=1S/C24H28ClF2N7O2/c25-16-8-9-17(26)20(19(16)27)32-24-31-18-11-29-23(30-13-2-1-3-15(35)10-13)33-22(18)34(24)14-6-4-12(5-7-14)21(28)36/h8-9,11-15,35H,1-7,10H2,(H2,28,36)(H,31,32)(H,29,30,33). The molecule has 0 spiro atoms. The second kappa shape index (κ2) is 10.1. The van der Waals surface area contributed by atoms with Crippen molar-refractivity contribution in [1.29, 1.82) is 0 Å². The highest BCUT2D eigenvalue weighted by Gasteiger charge is 2.30. The van der Waals surface area contributed by atoms with Gasteiger partial charge < -0.3 is 21.5 Å². The molecule has 36 heavy (non-hydrogen) atoms. The van der Waals surface area contributed by atoms with Gasteiger partial charge in [-0.2, -0.15) is 4.98 Å². The summed E-state index contributed by atoms with van der Waals surface area (Å²) >= 11 is 5.89. The number of primary amides is 1. The number of imidazole rings is 1. The summed E-state index contributed by atoms with van der Waals surface area (Å²) in [4.78, 5) is 25.3. The molecule has 1 aromatic carbocycles. The maximum Gasteiger partial charge on any atom is 0.224 e. The Hall–Kier alpha value is -3.05. The van der Waals surface area contributed by atoms with Gasteiger partial charge in [0.2, 0.25) is 17.8 Å². The van der Waals surface area contributed by atoms with Crippen molar-refractivity contribution in [3.05, 3.63) is 35.0 Å². The van der Waals surface area contributed by atoms with Crippen molar-refractivity contribution in [2.24, 2.45) is 11.7 Å². The van der Waals surface area contributed by atoms with Crippen molar-refractivity contribution in [3.8, 4) is 0 Å². The molecule has 5 N–H and O–H groups in total. The van der Waals surface area contributed by atoms with Crippen LogP contribution in [0.5, 0.6) is 0 Å². The van der Waals surface area contributed by atoms with Crippen molar-refractivity contribution < 1.29 is 18.7 Å². The summed E-state index contributed by atoms with van der Waals surface area (Å²) in [6.45, 7) is 0. The number of halogens is 3. The SMILES string of the molecule is NC(=O)C1CCC(n2c(Nc3c(F)ccc(Cl)c3F)nc3cnc(NC4CCCC(O)C4)nc32)CC1. The summed E-state index contributed by atoms with van der Waals surface area (Å²) in [6.07, 6.45) is 6.83. The predicted molar refractivity (Wildman–Crippen MR) is 132 cm³/mol. The normalized spacial score (nSPS) is 24.6. The van der Waals surface area contributed by atoms with Crippen molar-refractivity contribution in [2.75, 3.05) is 10.6 Å². The number of carbonyl (C=O) groups excluding carboxylic acids is 1. The molecular weight excluding hydrogens is 492 g/mol. The number of hydrogen-bond donors (Lipinski definition) is 4. The third kappa shape index (κ3) is 4.94. The Labute approximate surface area is 211 Å². The second-order valence-corrected chi connectivity index (χ2v) is 10.0. The van der Waals surface area contributed by atoms with Crippen LogP contribution in [0.1, 0.15) is 57.4 Å². The van der Waals surface area contributed by atoms with E-state index in [1.807, 2.05) is 4.57 Å². The second-order valence-electron chi connectivity index (χ2n) is 9.62. The molecule has 2 saturated carbocycles. The molecule has 9 nitrogen and oxygen atoms in total. The molecule has 3 aromatic rings. The number of nitrogens with zero attached hydrogens (tertiary/aromatic N) is 4. The lowest BCUT2D eigenvalue weighted by atomic mass is 9.85. The van der Waals surface area contributed by atoms with Gasteiger partial charge in [-0.15, -0.1) is 0 Å². The van der Waals surface area contributed by atoms with Gasteiger partial charge >= 0.3 is 0 Å². The maximum atomic E-state index is 14.7. The van der Waals surface area contributed by atoms with E-state index in [9.17, 15) is 18.7 Å². The fraction of sp³-hybridized carbons (Fsp3) is 0.500. The van der Waals surface area contributed by atoms with Crippen LogP contribution in [0.4, 0.5) is 26.4 Å². The van der Waals surface area contributed by atoms with Crippen LogP contribution in [0, 0.1) is 17.6 Å². The topological polar surface area (TPSA) is 131 Å². The molecule has 2 aliphatic rings. The van der Waals surface area contributed by atoms with Gasteiger partial charge in [-0.25, -0.2) is 18.7 Å². The van der Waals surface area contributed by atoms with E-state index in [-0.39, 0.29) is 41.0 Å². The van der Waals surface area contributed by atoms with E-state index >= 15 is 0 Å². The van der Waals surface area contributed by atoms with E-state index in [0.717, 1.165) is 31.4 Å². The van der Waals surface area contributed by atoms with Crippen LogP contribution in [0.25, 0.3) is 11.2 Å². The van der Waals surface area contributed by atoms with Crippen LogP contribution in [0.2, 0.25) is 5.02 Å². The lowest BCUT2D eigenvalue weighted by Crippen LogP contribution is -2.30. The average Bonchev–Trinajstić information content (AvgIpc) is 3.21. The molecule has 0 aliphatic heterocycles. The van der Waals surface area contributed by atoms with Gasteiger partial charge in [0.15, 0.2) is 11.5 Å². The van der Waals surface area contributed by atoms with E-state index < -0.39 is 17.3 Å². The number of aromatic nitrogens is 4. The smallest absolute Gasteiger partial charge is 0.224 e. The summed E-state index contributed by atoms with van der Waals surface area (Å²) in [5.41, 5.74) is 6.04. The number of carbonyl (C=O) groups is 1. The van der Waals surface area contributed by atoms with E-state index in [1.165, 1.54) is 0 Å². The van der Waals surface area contributed by atoms with Crippen LogP contribution in [0.3, 0.4) is 0 Å². The average molecular weight is 520 g/mol. The number of fused-ring (bicyclic) bond motifs is 1. The van der Waals surface area contributed by atoms with E-state index in [0.29, 0.717) is 49.2 Å². The van der Waals surface area contributed by atoms with Gasteiger partial charge in [0, 0.05) is 18.0 Å². The fourth-order valence-electron chi connectivity index (χ4n) is 5.24. The minimum Gasteiger partial charge on any atom is -0.393 e. The number of amides is 1. The first kappa shape index (κ1) is 24.6. The number of benzene rings is 1. The Morgan fingerprint density at radius 1 is 1.14 bits per heavy atom. The summed E-state index contributed by atoms with van der Waals surface area (Å²) in [5.74, 6) is -1.67. The number of hydrogen-bond acceptors (Lipinski definition) is 7. The largest absolute Gasteiger partial charge is 0.393 e. The Kier molecular flexibility index (Phi) is 6.94. The van der Waals surface area contributed by atoms with Gasteiger partial charge in [-0.1, -0.05) is 11.6 Å². The van der Waals surface area contributed by atoms with Gasteiger partial charge in [0.25, 0.3) is 0 Å². The minimum absolute atomic E-state index is 0.0424. The molecule has 2 unspecified atom stereocenters. The summed E-state index contributed by atoms with van der Waals surface area (Å²) < 4.78 is 31.0. The molecule has 12 heteroatoms. The van der Waals surface area contributed by atoms with Crippen molar-refractivity contribution in [2.45, 2.75) is 69.6 Å². The van der Waals surface area contributed by atoms with Crippen molar-refractivity contribution in [3.63, 3.8) is 0 Å². The lowest BCUT2D eigenvalue weighted by Gasteiger charge is -2.29. The molecule has 2 fully saturated rings. The molecule has 0 radical (unpaired) electrons. The number of rotatable bonds is 6. The molecule has 2 aliphatic carbocycles. The highest BCUT2D eigenvalue weighted by atomic mass is 35.5. The fourth-order valence-corrected chi connectivity index (χ4v) is 5.40. The van der Waals surface area contributed by atoms with E-state index in [2.05, 4.69) is 20.6 Å². The number of aliphatic hydroxyl groups is 1. The maximum absolute atomic E-state index is 14.7. The zero-order valence-electron chi connectivity index (χ0n) is 19.6. The minimum atomic E-state index is -0.919. The van der Waals surface area contributed by atoms with Gasteiger partial charge in [-0.3, -0.25) is 9.36 Å². The molecular formula is C24H28ClF2N7O2. The van der Waals surface area contributed by atoms with Crippen LogP contribution in [-0.4, -0.2) is 42.7 Å². The molecule has 2 aromatic heterocycles. The monoisotopic (exact) mass is 519 g/mol. The third-order valence-corrected chi connectivity index (χ3v) is 7.45.